The maximum Gasteiger partial charge on any atom is 0.277 e. The van der Waals surface area contributed by atoms with Gasteiger partial charge in [-0.05, 0) is 6.07 Å². The molecule has 2 rings (SSSR count). The average molecular weight is 295 g/mol. The molecule has 1 aromatic rings. The summed E-state index contributed by atoms with van der Waals surface area (Å²) in [6, 6.07) is 6.30. The van der Waals surface area contributed by atoms with Crippen molar-refractivity contribution < 1.29 is 29.4 Å². The predicted octanol–water partition coefficient (Wildman–Crippen LogP) is -0.0275. The lowest BCUT2D eigenvalue weighted by atomic mass is 10.1. The summed E-state index contributed by atoms with van der Waals surface area (Å²) in [5.41, 5.74) is 0.431. The number of benzene rings is 1. The quantitative estimate of drug-likeness (QED) is 0.417. The highest BCUT2D eigenvalue weighted by Crippen LogP contribution is 2.40. The number of amides is 1. The molecular weight excluding hydrogens is 278 g/mol. The Morgan fingerprint density at radius 1 is 1.52 bits per heavy atom. The molecule has 1 amide bonds. The van der Waals surface area contributed by atoms with Gasteiger partial charge in [-0.15, -0.1) is 0 Å². The summed E-state index contributed by atoms with van der Waals surface area (Å²) >= 11 is 0. The zero-order valence-corrected chi connectivity index (χ0v) is 11.6. The molecule has 0 bridgehead atoms. The van der Waals surface area contributed by atoms with Crippen molar-refractivity contribution in [2.45, 2.75) is 18.3 Å². The number of aliphatic hydroxyl groups excluding tert-OH is 1. The molecule has 0 spiro atoms. The summed E-state index contributed by atoms with van der Waals surface area (Å²) in [7, 11) is 1.35. The smallest absolute Gasteiger partial charge is 0.277 e. The number of nitrogens with zero attached hydrogens (tertiary/aromatic N) is 1. The van der Waals surface area contributed by atoms with Crippen molar-refractivity contribution in [3.05, 3.63) is 35.4 Å². The van der Waals surface area contributed by atoms with Crippen LogP contribution in [0.1, 0.15) is 27.1 Å². The Morgan fingerprint density at radius 2 is 2.24 bits per heavy atom. The number of aldehydes is 1. The van der Waals surface area contributed by atoms with Gasteiger partial charge in [0, 0.05) is 19.0 Å². The largest absolute Gasteiger partial charge is 0.394 e. The molecule has 1 aliphatic rings. The molecule has 1 saturated carbocycles. The molecule has 1 aliphatic carbocycles. The summed E-state index contributed by atoms with van der Waals surface area (Å²) in [6.45, 7) is -0.0734. The fraction of sp³-hybridized carbons (Fsp3) is 0.429. The van der Waals surface area contributed by atoms with Crippen LogP contribution in [0.25, 0.3) is 0 Å². The van der Waals surface area contributed by atoms with Crippen molar-refractivity contribution in [1.29, 1.82) is 0 Å². The van der Waals surface area contributed by atoms with E-state index in [9.17, 15) is 14.7 Å². The van der Waals surface area contributed by atoms with E-state index in [-0.39, 0.29) is 30.8 Å². The third-order valence-corrected chi connectivity index (χ3v) is 3.13. The lowest BCUT2D eigenvalue weighted by molar-refractivity contribution is -0.261. The summed E-state index contributed by atoms with van der Waals surface area (Å²) < 4.78 is 5.13. The van der Waals surface area contributed by atoms with E-state index in [2.05, 4.69) is 0 Å². The van der Waals surface area contributed by atoms with Crippen molar-refractivity contribution in [1.82, 2.24) is 5.06 Å². The molecule has 7 heteroatoms. The van der Waals surface area contributed by atoms with E-state index in [0.29, 0.717) is 6.29 Å². The average Bonchev–Trinajstić information content (AvgIpc) is 3.13. The minimum atomic E-state index is -1.57. The van der Waals surface area contributed by atoms with Crippen LogP contribution in [0, 0.1) is 0 Å². The standard InChI is InChI=1S/C14H17NO6/c1-15(21-14(19)8-12(14)20-7-6-16)13(18)11-5-3-2-4-10(11)9-17/h2-5,9,12,16,19H,6-8H2,1H3. The second-order valence-corrected chi connectivity index (χ2v) is 4.73. The number of carbonyl (C=O) groups is 2. The lowest BCUT2D eigenvalue weighted by Crippen LogP contribution is -2.35. The summed E-state index contributed by atoms with van der Waals surface area (Å²) in [5, 5.41) is 19.5. The van der Waals surface area contributed by atoms with Crippen LogP contribution >= 0.6 is 0 Å². The first-order valence-electron chi connectivity index (χ1n) is 6.48. The minimum Gasteiger partial charge on any atom is -0.394 e. The van der Waals surface area contributed by atoms with E-state index in [4.69, 9.17) is 14.7 Å². The Balaban J connectivity index is 1.99. The van der Waals surface area contributed by atoms with Gasteiger partial charge in [0.1, 0.15) is 6.10 Å². The molecule has 0 heterocycles. The van der Waals surface area contributed by atoms with E-state index in [1.807, 2.05) is 0 Å². The second-order valence-electron chi connectivity index (χ2n) is 4.73. The molecule has 0 aliphatic heterocycles. The Hall–Kier alpha value is -1.80. The zero-order chi connectivity index (χ0) is 15.5. The fourth-order valence-electron chi connectivity index (χ4n) is 1.93. The third-order valence-electron chi connectivity index (χ3n) is 3.13. The van der Waals surface area contributed by atoms with Crippen molar-refractivity contribution in [3.63, 3.8) is 0 Å². The van der Waals surface area contributed by atoms with Crippen molar-refractivity contribution in [3.8, 4) is 0 Å². The maximum absolute atomic E-state index is 12.2. The van der Waals surface area contributed by atoms with E-state index in [1.165, 1.54) is 19.2 Å². The molecule has 114 valence electrons. The highest BCUT2D eigenvalue weighted by Gasteiger charge is 2.58. The lowest BCUT2D eigenvalue weighted by Gasteiger charge is -2.21. The van der Waals surface area contributed by atoms with Crippen LogP contribution in [0.15, 0.2) is 24.3 Å². The third kappa shape index (κ3) is 3.45. The van der Waals surface area contributed by atoms with Crippen LogP contribution < -0.4 is 0 Å². The molecule has 0 aromatic heterocycles. The number of aliphatic hydroxyl groups is 2. The van der Waals surface area contributed by atoms with Crippen LogP contribution in [0.3, 0.4) is 0 Å². The molecule has 2 atom stereocenters. The molecular formula is C14H17NO6. The Kier molecular flexibility index (Phi) is 4.69. The van der Waals surface area contributed by atoms with Gasteiger partial charge in [-0.25, -0.2) is 9.90 Å². The van der Waals surface area contributed by atoms with Crippen molar-refractivity contribution >= 4 is 12.2 Å². The van der Waals surface area contributed by atoms with E-state index in [0.717, 1.165) is 5.06 Å². The van der Waals surface area contributed by atoms with Gasteiger partial charge in [-0.3, -0.25) is 9.59 Å². The van der Waals surface area contributed by atoms with Gasteiger partial charge in [-0.1, -0.05) is 18.2 Å². The number of hydrogen-bond acceptors (Lipinski definition) is 6. The van der Waals surface area contributed by atoms with Crippen LogP contribution in [0.5, 0.6) is 0 Å². The molecule has 1 aromatic carbocycles. The van der Waals surface area contributed by atoms with Gasteiger partial charge < -0.3 is 14.9 Å². The number of ether oxygens (including phenoxy) is 1. The van der Waals surface area contributed by atoms with E-state index in [1.54, 1.807) is 12.1 Å². The van der Waals surface area contributed by atoms with Crippen LogP contribution in [0.2, 0.25) is 0 Å². The molecule has 2 unspecified atom stereocenters. The van der Waals surface area contributed by atoms with Gasteiger partial charge >= 0.3 is 0 Å². The number of hydrogen-bond donors (Lipinski definition) is 2. The topological polar surface area (TPSA) is 96.3 Å². The molecule has 1 fully saturated rings. The first-order chi connectivity index (χ1) is 10.0. The second kappa shape index (κ2) is 6.31. The summed E-state index contributed by atoms with van der Waals surface area (Å²) in [4.78, 5) is 28.3. The SMILES string of the molecule is CN(OC1(O)CC1OCCO)C(=O)c1ccccc1C=O. The normalized spacial score (nSPS) is 23.7. The van der Waals surface area contributed by atoms with Gasteiger partial charge in [0.2, 0.25) is 5.79 Å². The minimum absolute atomic E-state index is 0.0853. The number of rotatable bonds is 7. The Morgan fingerprint density at radius 3 is 2.90 bits per heavy atom. The first-order valence-corrected chi connectivity index (χ1v) is 6.48. The molecule has 2 N–H and O–H groups in total. The molecule has 0 radical (unpaired) electrons. The zero-order valence-electron chi connectivity index (χ0n) is 11.6. The van der Waals surface area contributed by atoms with Crippen LogP contribution in [0.4, 0.5) is 0 Å². The van der Waals surface area contributed by atoms with E-state index >= 15 is 0 Å². The highest BCUT2D eigenvalue weighted by molar-refractivity contribution is 6.00. The number of carbonyl (C=O) groups excluding carboxylic acids is 2. The van der Waals surface area contributed by atoms with Crippen LogP contribution in [-0.4, -0.2) is 59.6 Å². The Bertz CT molecular complexity index is 534. The van der Waals surface area contributed by atoms with Crippen molar-refractivity contribution in [2.24, 2.45) is 0 Å². The number of hydroxylamine groups is 2. The van der Waals surface area contributed by atoms with Crippen LogP contribution in [-0.2, 0) is 9.57 Å². The first kappa shape index (κ1) is 15.6. The molecule has 7 nitrogen and oxygen atoms in total. The van der Waals surface area contributed by atoms with E-state index < -0.39 is 17.8 Å². The summed E-state index contributed by atoms with van der Waals surface area (Å²) in [6.07, 6.45) is 0.209. The maximum atomic E-state index is 12.2. The highest BCUT2D eigenvalue weighted by atomic mass is 16.8. The van der Waals surface area contributed by atoms with Gasteiger partial charge in [0.25, 0.3) is 5.91 Å². The van der Waals surface area contributed by atoms with Crippen molar-refractivity contribution in [2.75, 3.05) is 20.3 Å². The monoisotopic (exact) mass is 295 g/mol. The van der Waals surface area contributed by atoms with Gasteiger partial charge in [0.05, 0.1) is 18.8 Å². The fourth-order valence-corrected chi connectivity index (χ4v) is 1.93. The molecule has 0 saturated heterocycles. The van der Waals surface area contributed by atoms with Gasteiger partial charge in [0.15, 0.2) is 6.29 Å². The Labute approximate surface area is 121 Å². The summed E-state index contributed by atoms with van der Waals surface area (Å²) in [5.74, 6) is -2.12. The molecule has 21 heavy (non-hydrogen) atoms. The van der Waals surface area contributed by atoms with Gasteiger partial charge in [-0.2, -0.15) is 0 Å². The predicted molar refractivity (Wildman–Crippen MR) is 71.4 cm³/mol.